The highest BCUT2D eigenvalue weighted by molar-refractivity contribution is 7.14. The van der Waals surface area contributed by atoms with E-state index in [0.29, 0.717) is 22.7 Å². The fourth-order valence-electron chi connectivity index (χ4n) is 4.72. The Kier molecular flexibility index (Phi) is 5.99. The molecule has 3 aromatic rings. The number of rotatable bonds is 5. The first-order valence-electron chi connectivity index (χ1n) is 10.9. The average Bonchev–Trinajstić information content (AvgIpc) is 3.38. The quantitative estimate of drug-likeness (QED) is 0.484. The Morgan fingerprint density at radius 2 is 2.16 bits per heavy atom. The summed E-state index contributed by atoms with van der Waals surface area (Å²) in [4.78, 5) is 23.6. The molecule has 1 fully saturated rings. The van der Waals surface area contributed by atoms with Crippen LogP contribution in [0, 0.1) is 6.92 Å². The number of aryl methyl sites for hydroxylation is 1. The number of hydrogen-bond donors (Lipinski definition) is 3. The molecule has 8 heteroatoms. The van der Waals surface area contributed by atoms with Crippen LogP contribution in [0.3, 0.4) is 0 Å². The summed E-state index contributed by atoms with van der Waals surface area (Å²) in [7, 11) is 0. The number of hydrogen-bond acceptors (Lipinski definition) is 7. The summed E-state index contributed by atoms with van der Waals surface area (Å²) in [6, 6.07) is 8.17. The molecule has 32 heavy (non-hydrogen) atoms. The Balaban J connectivity index is 1.44. The zero-order valence-electron chi connectivity index (χ0n) is 17.8. The minimum Gasteiger partial charge on any atom is -0.393 e. The van der Waals surface area contributed by atoms with Crippen LogP contribution in [0.25, 0.3) is 0 Å². The van der Waals surface area contributed by atoms with Crippen molar-refractivity contribution in [2.75, 3.05) is 11.9 Å². The van der Waals surface area contributed by atoms with Crippen molar-refractivity contribution in [1.29, 1.82) is 0 Å². The summed E-state index contributed by atoms with van der Waals surface area (Å²) in [6.07, 6.45) is 5.97. The first kappa shape index (κ1) is 21.5. The number of anilines is 1. The molecule has 3 atom stereocenters. The van der Waals surface area contributed by atoms with E-state index in [2.05, 4.69) is 33.6 Å². The van der Waals surface area contributed by atoms with Gasteiger partial charge in [-0.3, -0.25) is 4.79 Å². The van der Waals surface area contributed by atoms with Crippen LogP contribution in [0.1, 0.15) is 62.1 Å². The van der Waals surface area contributed by atoms with Crippen molar-refractivity contribution >= 4 is 34.5 Å². The van der Waals surface area contributed by atoms with Gasteiger partial charge >= 0.3 is 0 Å². The third-order valence-corrected chi connectivity index (χ3v) is 7.66. The van der Waals surface area contributed by atoms with Gasteiger partial charge in [0.05, 0.1) is 22.6 Å². The number of carbonyl (C=O) groups excluding carboxylic acids is 1. The number of fused-ring (bicyclic) bond motifs is 1. The molecule has 2 aliphatic rings. The maximum Gasteiger partial charge on any atom is 0.208 e. The molecule has 1 saturated carbocycles. The molecule has 1 aromatic carbocycles. The van der Waals surface area contributed by atoms with E-state index in [4.69, 9.17) is 11.6 Å². The molecule has 166 valence electrons. The largest absolute Gasteiger partial charge is 0.393 e. The Morgan fingerprint density at radius 3 is 2.97 bits per heavy atom. The molecule has 0 bridgehead atoms. The molecule has 6 nitrogen and oxygen atoms in total. The van der Waals surface area contributed by atoms with E-state index >= 15 is 0 Å². The summed E-state index contributed by atoms with van der Waals surface area (Å²) in [5.74, 6) is 0.442. The van der Waals surface area contributed by atoms with E-state index in [0.717, 1.165) is 41.3 Å². The number of carbonyl (C=O) groups is 1. The average molecular weight is 469 g/mol. The van der Waals surface area contributed by atoms with Crippen LogP contribution < -0.4 is 10.6 Å². The van der Waals surface area contributed by atoms with Gasteiger partial charge in [0.2, 0.25) is 5.78 Å². The topological polar surface area (TPSA) is 87.1 Å². The van der Waals surface area contributed by atoms with Gasteiger partial charge in [-0.15, -0.1) is 11.3 Å². The van der Waals surface area contributed by atoms with E-state index in [-0.39, 0.29) is 24.0 Å². The van der Waals surface area contributed by atoms with Crippen molar-refractivity contribution in [3.63, 3.8) is 0 Å². The molecule has 3 N–H and O–H groups in total. The Hall–Kier alpha value is -2.32. The summed E-state index contributed by atoms with van der Waals surface area (Å²) < 4.78 is 0. The van der Waals surface area contributed by atoms with E-state index in [1.807, 2.05) is 18.2 Å². The molecule has 0 radical (unpaired) electrons. The molecular weight excluding hydrogens is 444 g/mol. The lowest BCUT2D eigenvalue weighted by Gasteiger charge is -2.27. The number of aliphatic hydroxyl groups is 1. The molecule has 3 heterocycles. The SMILES string of the molecule is Cc1sc(C(=O)c2cncnc2N[C@@H]2CC[C@H](O)C2)cc1[C@@H]1NCCc2ccc(Cl)cc21. The third kappa shape index (κ3) is 4.18. The Morgan fingerprint density at radius 1 is 1.28 bits per heavy atom. The number of thiophene rings is 1. The summed E-state index contributed by atoms with van der Waals surface area (Å²) >= 11 is 7.78. The van der Waals surface area contributed by atoms with Crippen LogP contribution in [0.4, 0.5) is 5.82 Å². The standard InChI is InChI=1S/C24H25ClN4O2S/c1-13-18(22-19-8-15(25)3-2-14(19)6-7-27-22)10-21(32-13)23(31)20-11-26-12-28-24(20)29-16-4-5-17(30)9-16/h2-3,8,10-12,16-17,22,27,30H,4-7,9H2,1H3,(H,26,28,29)/t16-,17+,22+/m1/s1. The number of ketones is 1. The number of nitrogens with one attached hydrogen (secondary N) is 2. The fourth-order valence-corrected chi connectivity index (χ4v) is 5.91. The first-order valence-corrected chi connectivity index (χ1v) is 12.1. The van der Waals surface area contributed by atoms with Gasteiger partial charge < -0.3 is 15.7 Å². The predicted molar refractivity (Wildman–Crippen MR) is 127 cm³/mol. The monoisotopic (exact) mass is 468 g/mol. The molecule has 0 amide bonds. The zero-order valence-corrected chi connectivity index (χ0v) is 19.3. The van der Waals surface area contributed by atoms with Crippen LogP contribution >= 0.6 is 22.9 Å². The molecule has 1 aliphatic carbocycles. The predicted octanol–water partition coefficient (Wildman–Crippen LogP) is 4.29. The lowest BCUT2D eigenvalue weighted by molar-refractivity contribution is 0.104. The highest BCUT2D eigenvalue weighted by Gasteiger charge is 2.28. The summed E-state index contributed by atoms with van der Waals surface area (Å²) in [6.45, 7) is 2.93. The van der Waals surface area contributed by atoms with Crippen LogP contribution in [-0.2, 0) is 6.42 Å². The van der Waals surface area contributed by atoms with E-state index in [1.165, 1.54) is 28.8 Å². The van der Waals surface area contributed by atoms with Crippen molar-refractivity contribution in [1.82, 2.24) is 15.3 Å². The Labute approximate surface area is 196 Å². The van der Waals surface area contributed by atoms with Crippen molar-refractivity contribution < 1.29 is 9.90 Å². The van der Waals surface area contributed by atoms with Gasteiger partial charge in [-0.05, 0) is 67.5 Å². The number of halogens is 1. The van der Waals surface area contributed by atoms with Gasteiger partial charge in [-0.2, -0.15) is 0 Å². The lowest BCUT2D eigenvalue weighted by atomic mass is 9.90. The molecular formula is C24H25ClN4O2S. The van der Waals surface area contributed by atoms with Gasteiger partial charge in [0.15, 0.2) is 0 Å². The number of benzene rings is 1. The lowest BCUT2D eigenvalue weighted by Crippen LogP contribution is -2.30. The van der Waals surface area contributed by atoms with Gasteiger partial charge in [-0.1, -0.05) is 17.7 Å². The molecule has 0 spiro atoms. The second-order valence-corrected chi connectivity index (χ2v) is 10.2. The highest BCUT2D eigenvalue weighted by atomic mass is 35.5. The normalized spacial score (nSPS) is 22.5. The third-order valence-electron chi connectivity index (χ3n) is 6.36. The second-order valence-electron chi connectivity index (χ2n) is 8.52. The molecule has 0 saturated heterocycles. The van der Waals surface area contributed by atoms with Crippen molar-refractivity contribution in [3.05, 3.63) is 73.8 Å². The minimum atomic E-state index is -0.296. The van der Waals surface area contributed by atoms with Crippen LogP contribution in [0.2, 0.25) is 5.02 Å². The van der Waals surface area contributed by atoms with Crippen molar-refractivity contribution in [2.45, 2.75) is 50.8 Å². The maximum absolute atomic E-state index is 13.5. The smallest absolute Gasteiger partial charge is 0.208 e. The van der Waals surface area contributed by atoms with Crippen LogP contribution in [0.15, 0.2) is 36.8 Å². The van der Waals surface area contributed by atoms with Crippen molar-refractivity contribution in [3.8, 4) is 0 Å². The fraction of sp³-hybridized carbons (Fsp3) is 0.375. The summed E-state index contributed by atoms with van der Waals surface area (Å²) in [5, 5.41) is 17.5. The van der Waals surface area contributed by atoms with E-state index in [9.17, 15) is 9.90 Å². The van der Waals surface area contributed by atoms with Crippen LogP contribution in [0.5, 0.6) is 0 Å². The molecule has 0 unspecified atom stereocenters. The number of aliphatic hydroxyl groups excluding tert-OH is 1. The van der Waals surface area contributed by atoms with Crippen LogP contribution in [-0.4, -0.2) is 39.5 Å². The van der Waals surface area contributed by atoms with Gasteiger partial charge in [-0.25, -0.2) is 9.97 Å². The molecule has 2 aromatic heterocycles. The van der Waals surface area contributed by atoms with E-state index in [1.54, 1.807) is 6.20 Å². The zero-order chi connectivity index (χ0) is 22.2. The molecule has 1 aliphatic heterocycles. The van der Waals surface area contributed by atoms with Crippen molar-refractivity contribution in [2.24, 2.45) is 0 Å². The Bertz CT molecular complexity index is 1160. The second kappa shape index (κ2) is 8.90. The van der Waals surface area contributed by atoms with Gasteiger partial charge in [0.1, 0.15) is 12.1 Å². The van der Waals surface area contributed by atoms with Gasteiger partial charge in [0.25, 0.3) is 0 Å². The highest BCUT2D eigenvalue weighted by Crippen LogP contribution is 2.36. The summed E-state index contributed by atoms with van der Waals surface area (Å²) in [5.41, 5.74) is 4.03. The maximum atomic E-state index is 13.5. The minimum absolute atomic E-state index is 0.0137. The van der Waals surface area contributed by atoms with Gasteiger partial charge in [0, 0.05) is 28.7 Å². The van der Waals surface area contributed by atoms with E-state index < -0.39 is 0 Å². The first-order chi connectivity index (χ1) is 15.5. The molecule has 5 rings (SSSR count). The number of nitrogens with zero attached hydrogens (tertiary/aromatic N) is 2. The number of aromatic nitrogens is 2.